The first-order chi connectivity index (χ1) is 7.77. The van der Waals surface area contributed by atoms with E-state index < -0.39 is 0 Å². The molecule has 0 spiro atoms. The Morgan fingerprint density at radius 2 is 1.81 bits per heavy atom. The summed E-state index contributed by atoms with van der Waals surface area (Å²) in [5, 5.41) is 2.97. The highest BCUT2D eigenvalue weighted by Crippen LogP contribution is 2.30. The highest BCUT2D eigenvalue weighted by molar-refractivity contribution is 5.79. The van der Waals surface area contributed by atoms with Crippen molar-refractivity contribution in [2.75, 3.05) is 0 Å². The Morgan fingerprint density at radius 1 is 1.12 bits per heavy atom. The zero-order valence-electron chi connectivity index (χ0n) is 9.62. The topological polar surface area (TPSA) is 29.1 Å². The molecule has 2 rings (SSSR count). The first-order valence-corrected chi connectivity index (χ1v) is 5.82. The second kappa shape index (κ2) is 4.97. The minimum absolute atomic E-state index is 0.0327. The van der Waals surface area contributed by atoms with Crippen molar-refractivity contribution in [2.45, 2.75) is 32.6 Å². The van der Waals surface area contributed by atoms with E-state index >= 15 is 0 Å². The smallest absolute Gasteiger partial charge is 0.221 e. The fourth-order valence-corrected chi connectivity index (χ4v) is 2.21. The van der Waals surface area contributed by atoms with Gasteiger partial charge in [0.2, 0.25) is 5.91 Å². The molecule has 0 aromatic heterocycles. The number of nitrogens with one attached hydrogen (secondary N) is 1. The van der Waals surface area contributed by atoms with Crippen LogP contribution in [0, 0.1) is 0 Å². The second-order valence-electron chi connectivity index (χ2n) is 4.21. The number of amides is 1. The van der Waals surface area contributed by atoms with Crippen LogP contribution in [0.5, 0.6) is 0 Å². The summed E-state index contributed by atoms with van der Waals surface area (Å²) in [4.78, 5) is 11.1. The van der Waals surface area contributed by atoms with Gasteiger partial charge in [0.1, 0.15) is 0 Å². The molecule has 0 fully saturated rings. The third-order valence-corrected chi connectivity index (χ3v) is 2.92. The third kappa shape index (κ3) is 2.51. The van der Waals surface area contributed by atoms with E-state index in [2.05, 4.69) is 17.4 Å². The van der Waals surface area contributed by atoms with Gasteiger partial charge in [-0.25, -0.2) is 0 Å². The second-order valence-corrected chi connectivity index (χ2v) is 4.21. The van der Waals surface area contributed by atoms with Crippen molar-refractivity contribution in [1.82, 2.24) is 5.32 Å². The number of hydrogen-bond donors (Lipinski definition) is 1. The predicted molar refractivity (Wildman–Crippen MR) is 65.6 cm³/mol. The van der Waals surface area contributed by atoms with Crippen LogP contribution in [-0.2, 0) is 4.79 Å². The van der Waals surface area contributed by atoms with Gasteiger partial charge in [0.15, 0.2) is 0 Å². The molecule has 0 saturated carbocycles. The molecule has 0 aliphatic heterocycles. The van der Waals surface area contributed by atoms with Crippen molar-refractivity contribution in [1.29, 1.82) is 0 Å². The molecule has 0 unspecified atom stereocenters. The molecular weight excluding hydrogens is 198 g/mol. The van der Waals surface area contributed by atoms with E-state index in [4.69, 9.17) is 0 Å². The van der Waals surface area contributed by atoms with E-state index in [0.717, 1.165) is 18.5 Å². The Kier molecular flexibility index (Phi) is 3.40. The van der Waals surface area contributed by atoms with Gasteiger partial charge in [-0.1, -0.05) is 30.3 Å². The minimum Gasteiger partial charge on any atom is -0.330 e. The van der Waals surface area contributed by atoms with E-state index in [1.165, 1.54) is 24.0 Å². The Bertz CT molecular complexity index is 406. The molecule has 2 heteroatoms. The molecule has 1 amide bonds. The number of carbonyl (C=O) groups excluding carboxylic acids is 1. The molecule has 1 aliphatic carbocycles. The Balaban J connectivity index is 2.33. The first-order valence-electron chi connectivity index (χ1n) is 5.82. The monoisotopic (exact) mass is 215 g/mol. The van der Waals surface area contributed by atoms with Crippen LogP contribution in [0.1, 0.15) is 38.2 Å². The van der Waals surface area contributed by atoms with Gasteiger partial charge < -0.3 is 5.32 Å². The average Bonchev–Trinajstić information content (AvgIpc) is 2.30. The molecule has 0 saturated heterocycles. The zero-order chi connectivity index (χ0) is 11.4. The van der Waals surface area contributed by atoms with E-state index in [9.17, 15) is 4.79 Å². The van der Waals surface area contributed by atoms with Gasteiger partial charge in [-0.05, 0) is 36.8 Å². The summed E-state index contributed by atoms with van der Waals surface area (Å²) < 4.78 is 0. The molecule has 1 aromatic rings. The van der Waals surface area contributed by atoms with Crippen LogP contribution in [-0.4, -0.2) is 5.91 Å². The van der Waals surface area contributed by atoms with Crippen LogP contribution < -0.4 is 5.32 Å². The number of benzene rings is 1. The lowest BCUT2D eigenvalue weighted by Crippen LogP contribution is -2.22. The van der Waals surface area contributed by atoms with Crippen LogP contribution in [0.4, 0.5) is 0 Å². The molecule has 0 bridgehead atoms. The van der Waals surface area contributed by atoms with Gasteiger partial charge in [-0.2, -0.15) is 0 Å². The molecule has 2 nitrogen and oxygen atoms in total. The van der Waals surface area contributed by atoms with Crippen molar-refractivity contribution in [3.05, 3.63) is 41.6 Å². The first kappa shape index (κ1) is 10.9. The quantitative estimate of drug-likeness (QED) is 0.807. The van der Waals surface area contributed by atoms with E-state index in [-0.39, 0.29) is 5.91 Å². The van der Waals surface area contributed by atoms with Crippen molar-refractivity contribution in [3.63, 3.8) is 0 Å². The van der Waals surface area contributed by atoms with Crippen LogP contribution >= 0.6 is 0 Å². The maximum absolute atomic E-state index is 11.1. The fraction of sp³-hybridized carbons (Fsp3) is 0.357. The van der Waals surface area contributed by atoms with Gasteiger partial charge in [0.25, 0.3) is 0 Å². The van der Waals surface area contributed by atoms with Gasteiger partial charge in [0.05, 0.1) is 0 Å². The van der Waals surface area contributed by atoms with Crippen LogP contribution in [0.25, 0.3) is 5.57 Å². The molecule has 1 aromatic carbocycles. The Labute approximate surface area is 96.4 Å². The summed E-state index contributed by atoms with van der Waals surface area (Å²) in [6, 6.07) is 10.3. The average molecular weight is 215 g/mol. The summed E-state index contributed by atoms with van der Waals surface area (Å²) in [6.07, 6.45) is 4.45. The minimum atomic E-state index is 0.0327. The van der Waals surface area contributed by atoms with Crippen molar-refractivity contribution < 1.29 is 4.79 Å². The maximum atomic E-state index is 11.1. The molecule has 1 N–H and O–H groups in total. The van der Waals surface area contributed by atoms with Gasteiger partial charge in [-0.15, -0.1) is 0 Å². The van der Waals surface area contributed by atoms with Gasteiger partial charge >= 0.3 is 0 Å². The lowest BCUT2D eigenvalue weighted by atomic mass is 9.91. The van der Waals surface area contributed by atoms with Crippen LogP contribution in [0.3, 0.4) is 0 Å². The summed E-state index contributed by atoms with van der Waals surface area (Å²) >= 11 is 0. The number of carbonyl (C=O) groups is 1. The predicted octanol–water partition coefficient (Wildman–Crippen LogP) is 3.11. The van der Waals surface area contributed by atoms with Crippen LogP contribution in [0.15, 0.2) is 36.0 Å². The summed E-state index contributed by atoms with van der Waals surface area (Å²) in [6.45, 7) is 1.57. The number of rotatable bonds is 2. The van der Waals surface area contributed by atoms with Crippen molar-refractivity contribution in [2.24, 2.45) is 0 Å². The lowest BCUT2D eigenvalue weighted by molar-refractivity contribution is -0.118. The highest BCUT2D eigenvalue weighted by atomic mass is 16.1. The Hall–Kier alpha value is -1.57. The zero-order valence-corrected chi connectivity index (χ0v) is 9.62. The maximum Gasteiger partial charge on any atom is 0.221 e. The third-order valence-electron chi connectivity index (χ3n) is 2.92. The number of hydrogen-bond acceptors (Lipinski definition) is 1. The van der Waals surface area contributed by atoms with Crippen LogP contribution in [0.2, 0.25) is 0 Å². The molecule has 0 heterocycles. The molecule has 84 valence electrons. The largest absolute Gasteiger partial charge is 0.330 e. The van der Waals surface area contributed by atoms with E-state index in [1.54, 1.807) is 6.92 Å². The molecule has 0 atom stereocenters. The Morgan fingerprint density at radius 3 is 2.50 bits per heavy atom. The SMILES string of the molecule is CC(=O)NC1=C(c2ccccc2)CCCC1. The summed E-state index contributed by atoms with van der Waals surface area (Å²) in [5.74, 6) is 0.0327. The fourth-order valence-electron chi connectivity index (χ4n) is 2.21. The molecular formula is C14H17NO. The van der Waals surface area contributed by atoms with Gasteiger partial charge in [0, 0.05) is 12.6 Å². The highest BCUT2D eigenvalue weighted by Gasteiger charge is 2.14. The normalized spacial score (nSPS) is 16.1. The summed E-state index contributed by atoms with van der Waals surface area (Å²) in [7, 11) is 0. The standard InChI is InChI=1S/C14H17NO/c1-11(16)15-14-10-6-5-9-13(14)12-7-3-2-4-8-12/h2-4,7-8H,5-6,9-10H2,1H3,(H,15,16). The van der Waals surface area contributed by atoms with Crippen molar-refractivity contribution >= 4 is 11.5 Å². The lowest BCUT2D eigenvalue weighted by Gasteiger charge is -2.20. The van der Waals surface area contributed by atoms with Crippen molar-refractivity contribution in [3.8, 4) is 0 Å². The van der Waals surface area contributed by atoms with E-state index in [0.29, 0.717) is 0 Å². The molecule has 0 radical (unpaired) electrons. The van der Waals surface area contributed by atoms with E-state index in [1.807, 2.05) is 18.2 Å². The van der Waals surface area contributed by atoms with Gasteiger partial charge in [-0.3, -0.25) is 4.79 Å². The summed E-state index contributed by atoms with van der Waals surface area (Å²) in [5.41, 5.74) is 3.66. The number of allylic oxidation sites excluding steroid dienone is 2. The molecule has 16 heavy (non-hydrogen) atoms. The molecule has 1 aliphatic rings.